The van der Waals surface area contributed by atoms with Crippen molar-refractivity contribution < 1.29 is 8.42 Å². The predicted octanol–water partition coefficient (Wildman–Crippen LogP) is 2.58. The molecule has 2 N–H and O–H groups in total. The molecule has 0 aliphatic carbocycles. The molecular weight excluding hydrogens is 292 g/mol. The molecule has 20 heavy (non-hydrogen) atoms. The van der Waals surface area contributed by atoms with Gasteiger partial charge in [0.1, 0.15) is 4.90 Å². The third kappa shape index (κ3) is 3.03. The second-order valence-corrected chi connectivity index (χ2v) is 7.69. The van der Waals surface area contributed by atoms with Crippen LogP contribution in [-0.4, -0.2) is 25.8 Å². The number of benzene rings is 1. The zero-order chi connectivity index (χ0) is 14.8. The van der Waals surface area contributed by atoms with E-state index in [1.54, 1.807) is 42.6 Å². The number of nitrogens with zero attached hydrogens (tertiary/aromatic N) is 1. The standard InChI is InChI=1S/C14H18N2O2S2/c1-11(10-12-6-5-9-19-12)16(2)20(17,18)14-8-4-3-7-13(14)15/h3-9,11H,10,15H2,1-2H3. The summed E-state index contributed by atoms with van der Waals surface area (Å²) in [5.41, 5.74) is 6.06. The molecule has 0 radical (unpaired) electrons. The Kier molecular flexibility index (Phi) is 4.47. The predicted molar refractivity (Wildman–Crippen MR) is 83.3 cm³/mol. The van der Waals surface area contributed by atoms with Gasteiger partial charge in [0, 0.05) is 18.0 Å². The van der Waals surface area contributed by atoms with Gasteiger partial charge in [-0.05, 0) is 36.9 Å². The summed E-state index contributed by atoms with van der Waals surface area (Å²) in [5, 5.41) is 1.99. The molecule has 4 nitrogen and oxygen atoms in total. The van der Waals surface area contributed by atoms with Crippen LogP contribution in [0.2, 0.25) is 0 Å². The Morgan fingerprint density at radius 2 is 1.95 bits per heavy atom. The molecule has 0 spiro atoms. The van der Waals surface area contributed by atoms with Crippen LogP contribution in [0.1, 0.15) is 11.8 Å². The number of anilines is 1. The molecule has 0 amide bonds. The van der Waals surface area contributed by atoms with E-state index in [0.717, 1.165) is 0 Å². The summed E-state index contributed by atoms with van der Waals surface area (Å²) in [6.45, 7) is 1.90. The van der Waals surface area contributed by atoms with E-state index in [0.29, 0.717) is 6.42 Å². The molecule has 0 fully saturated rings. The monoisotopic (exact) mass is 310 g/mol. The van der Waals surface area contributed by atoms with E-state index in [1.165, 1.54) is 9.18 Å². The maximum Gasteiger partial charge on any atom is 0.245 e. The van der Waals surface area contributed by atoms with Crippen LogP contribution in [0.5, 0.6) is 0 Å². The van der Waals surface area contributed by atoms with Crippen molar-refractivity contribution in [1.29, 1.82) is 0 Å². The minimum absolute atomic E-state index is 0.127. The van der Waals surface area contributed by atoms with E-state index in [4.69, 9.17) is 5.73 Å². The Bertz CT molecular complexity index is 666. The van der Waals surface area contributed by atoms with Crippen LogP contribution in [0.15, 0.2) is 46.7 Å². The lowest BCUT2D eigenvalue weighted by Gasteiger charge is -2.24. The highest BCUT2D eigenvalue weighted by Crippen LogP contribution is 2.24. The number of rotatable bonds is 5. The number of thiophene rings is 1. The largest absolute Gasteiger partial charge is 0.398 e. The minimum Gasteiger partial charge on any atom is -0.398 e. The maximum atomic E-state index is 12.6. The van der Waals surface area contributed by atoms with Crippen molar-refractivity contribution >= 4 is 27.0 Å². The molecule has 0 aliphatic rings. The molecule has 1 heterocycles. The number of nitrogens with two attached hydrogens (primary N) is 1. The highest BCUT2D eigenvalue weighted by atomic mass is 32.2. The second kappa shape index (κ2) is 5.95. The van der Waals surface area contributed by atoms with Crippen molar-refractivity contribution in [3.63, 3.8) is 0 Å². The lowest BCUT2D eigenvalue weighted by molar-refractivity contribution is 0.388. The van der Waals surface area contributed by atoms with Gasteiger partial charge in [-0.3, -0.25) is 0 Å². The third-order valence-corrected chi connectivity index (χ3v) is 6.22. The van der Waals surface area contributed by atoms with Gasteiger partial charge in [0.25, 0.3) is 0 Å². The fourth-order valence-corrected chi connectivity index (χ4v) is 4.26. The Labute approximate surface area is 123 Å². The molecule has 1 aromatic heterocycles. The number of sulfonamides is 1. The molecule has 0 saturated carbocycles. The Hall–Kier alpha value is -1.37. The zero-order valence-corrected chi connectivity index (χ0v) is 13.1. The Balaban J connectivity index is 2.23. The van der Waals surface area contributed by atoms with Crippen molar-refractivity contribution in [1.82, 2.24) is 4.31 Å². The molecular formula is C14H18N2O2S2. The maximum absolute atomic E-state index is 12.6. The van der Waals surface area contributed by atoms with Gasteiger partial charge in [0.05, 0.1) is 5.69 Å². The van der Waals surface area contributed by atoms with Crippen LogP contribution >= 0.6 is 11.3 Å². The lowest BCUT2D eigenvalue weighted by atomic mass is 10.2. The minimum atomic E-state index is -3.56. The number of nitrogen functional groups attached to an aromatic ring is 1. The van der Waals surface area contributed by atoms with Crippen LogP contribution in [0.4, 0.5) is 5.69 Å². The van der Waals surface area contributed by atoms with Crippen molar-refractivity contribution in [2.24, 2.45) is 0 Å². The molecule has 0 bridgehead atoms. The second-order valence-electron chi connectivity index (χ2n) is 4.69. The molecule has 1 atom stereocenters. The summed E-state index contributed by atoms with van der Waals surface area (Å²) in [6.07, 6.45) is 0.695. The third-order valence-electron chi connectivity index (χ3n) is 3.27. The molecule has 108 valence electrons. The van der Waals surface area contributed by atoms with Gasteiger partial charge in [-0.15, -0.1) is 11.3 Å². The van der Waals surface area contributed by atoms with Crippen LogP contribution < -0.4 is 5.73 Å². The zero-order valence-electron chi connectivity index (χ0n) is 11.5. The fourth-order valence-electron chi connectivity index (χ4n) is 1.96. The van der Waals surface area contributed by atoms with Crippen molar-refractivity contribution in [2.75, 3.05) is 12.8 Å². The summed E-state index contributed by atoms with van der Waals surface area (Å²) >= 11 is 1.63. The SMILES string of the molecule is CC(Cc1cccs1)N(C)S(=O)(=O)c1ccccc1N. The number of hydrogen-bond donors (Lipinski definition) is 1. The quantitative estimate of drug-likeness (QED) is 0.863. The Morgan fingerprint density at radius 3 is 2.55 bits per heavy atom. The van der Waals surface area contributed by atoms with E-state index in [-0.39, 0.29) is 16.6 Å². The van der Waals surface area contributed by atoms with Gasteiger partial charge in [0.2, 0.25) is 10.0 Å². The summed E-state index contributed by atoms with van der Waals surface area (Å²) in [7, 11) is -1.96. The lowest BCUT2D eigenvalue weighted by Crippen LogP contribution is -2.36. The van der Waals surface area contributed by atoms with E-state index in [1.807, 2.05) is 24.4 Å². The number of para-hydroxylation sites is 1. The van der Waals surface area contributed by atoms with E-state index >= 15 is 0 Å². The van der Waals surface area contributed by atoms with E-state index in [2.05, 4.69) is 0 Å². The molecule has 1 unspecified atom stereocenters. The molecule has 1 aromatic carbocycles. The van der Waals surface area contributed by atoms with Gasteiger partial charge in [-0.1, -0.05) is 18.2 Å². The summed E-state index contributed by atoms with van der Waals surface area (Å²) < 4.78 is 26.5. The van der Waals surface area contributed by atoms with Crippen molar-refractivity contribution in [2.45, 2.75) is 24.3 Å². The first-order valence-electron chi connectivity index (χ1n) is 6.28. The van der Waals surface area contributed by atoms with Gasteiger partial charge in [0.15, 0.2) is 0 Å². The average Bonchev–Trinajstić information content (AvgIpc) is 2.90. The van der Waals surface area contributed by atoms with Gasteiger partial charge in [-0.2, -0.15) is 4.31 Å². The van der Waals surface area contributed by atoms with Crippen LogP contribution in [-0.2, 0) is 16.4 Å². The van der Waals surface area contributed by atoms with Gasteiger partial charge in [-0.25, -0.2) is 8.42 Å². The normalized spacial score (nSPS) is 13.6. The first-order valence-corrected chi connectivity index (χ1v) is 8.60. The van der Waals surface area contributed by atoms with Gasteiger partial charge >= 0.3 is 0 Å². The van der Waals surface area contributed by atoms with Crippen molar-refractivity contribution in [3.8, 4) is 0 Å². The van der Waals surface area contributed by atoms with E-state index in [9.17, 15) is 8.42 Å². The smallest absolute Gasteiger partial charge is 0.245 e. The molecule has 2 rings (SSSR count). The topological polar surface area (TPSA) is 63.4 Å². The average molecular weight is 310 g/mol. The Morgan fingerprint density at radius 1 is 1.25 bits per heavy atom. The highest BCUT2D eigenvalue weighted by Gasteiger charge is 2.27. The fraction of sp³-hybridized carbons (Fsp3) is 0.286. The van der Waals surface area contributed by atoms with Crippen LogP contribution in [0, 0.1) is 0 Å². The number of hydrogen-bond acceptors (Lipinski definition) is 4. The first-order chi connectivity index (χ1) is 9.43. The van der Waals surface area contributed by atoms with E-state index < -0.39 is 10.0 Å². The molecule has 6 heteroatoms. The summed E-state index contributed by atoms with van der Waals surface area (Å²) in [4.78, 5) is 1.33. The highest BCUT2D eigenvalue weighted by molar-refractivity contribution is 7.89. The summed E-state index contributed by atoms with van der Waals surface area (Å²) in [5.74, 6) is 0. The molecule has 0 aliphatic heterocycles. The molecule has 2 aromatic rings. The summed E-state index contributed by atoms with van der Waals surface area (Å²) in [6, 6.07) is 10.4. The first kappa shape index (κ1) is 15.0. The molecule has 0 saturated heterocycles. The number of likely N-dealkylation sites (N-methyl/N-ethyl adjacent to an activating group) is 1. The van der Waals surface area contributed by atoms with Gasteiger partial charge < -0.3 is 5.73 Å². The van der Waals surface area contributed by atoms with Crippen LogP contribution in [0.25, 0.3) is 0 Å². The van der Waals surface area contributed by atoms with Crippen molar-refractivity contribution in [3.05, 3.63) is 46.7 Å². The van der Waals surface area contributed by atoms with Crippen LogP contribution in [0.3, 0.4) is 0 Å².